The van der Waals surface area contributed by atoms with E-state index in [0.29, 0.717) is 17.5 Å². The Labute approximate surface area is 165 Å². The molecule has 5 nitrogen and oxygen atoms in total. The first kappa shape index (κ1) is 18.7. The summed E-state index contributed by atoms with van der Waals surface area (Å²) in [6, 6.07) is 11.9. The van der Waals surface area contributed by atoms with Crippen LogP contribution in [0.1, 0.15) is 60.1 Å². The van der Waals surface area contributed by atoms with Crippen molar-refractivity contribution in [2.45, 2.75) is 45.2 Å². The Bertz CT molecular complexity index is 984. The molecule has 1 aliphatic rings. The molecule has 0 atom stereocenters. The summed E-state index contributed by atoms with van der Waals surface area (Å²) in [5, 5.41) is 10.5. The van der Waals surface area contributed by atoms with Gasteiger partial charge in [-0.1, -0.05) is 12.1 Å². The minimum absolute atomic E-state index is 0.362. The highest BCUT2D eigenvalue weighted by Gasteiger charge is 2.24. The number of likely N-dealkylation sites (tertiary alicyclic amines) is 1. The molecule has 3 aromatic rings. The first-order chi connectivity index (χ1) is 13.5. The number of aromatic nitrogens is 2. The third kappa shape index (κ3) is 3.67. The third-order valence-corrected chi connectivity index (χ3v) is 5.78. The summed E-state index contributed by atoms with van der Waals surface area (Å²) < 4.78 is 2.29. The van der Waals surface area contributed by atoms with E-state index in [9.17, 15) is 9.90 Å². The van der Waals surface area contributed by atoms with Crippen LogP contribution in [0.25, 0.3) is 11.0 Å². The maximum Gasteiger partial charge on any atom is 0.335 e. The van der Waals surface area contributed by atoms with E-state index >= 15 is 0 Å². The van der Waals surface area contributed by atoms with Gasteiger partial charge in [0, 0.05) is 30.4 Å². The van der Waals surface area contributed by atoms with Gasteiger partial charge in [0.2, 0.25) is 0 Å². The lowest BCUT2D eigenvalue weighted by Crippen LogP contribution is -2.32. The van der Waals surface area contributed by atoms with E-state index in [1.807, 2.05) is 24.4 Å². The Morgan fingerprint density at radius 3 is 2.71 bits per heavy atom. The molecule has 0 amide bonds. The fourth-order valence-electron chi connectivity index (χ4n) is 4.29. The van der Waals surface area contributed by atoms with Crippen molar-refractivity contribution in [2.24, 2.45) is 0 Å². The van der Waals surface area contributed by atoms with Gasteiger partial charge in [0.1, 0.15) is 5.65 Å². The minimum atomic E-state index is -0.865. The van der Waals surface area contributed by atoms with E-state index < -0.39 is 5.97 Å². The summed E-state index contributed by atoms with van der Waals surface area (Å²) in [4.78, 5) is 18.2. The largest absolute Gasteiger partial charge is 0.478 e. The van der Waals surface area contributed by atoms with Crippen molar-refractivity contribution in [1.82, 2.24) is 14.5 Å². The number of nitrogens with zero attached hydrogens (tertiary/aromatic N) is 3. The molecule has 0 unspecified atom stereocenters. The number of carboxylic acids is 1. The summed E-state index contributed by atoms with van der Waals surface area (Å²) in [5.74, 6) is -0.316. The molecule has 1 fully saturated rings. The number of piperidine rings is 1. The van der Waals surface area contributed by atoms with Gasteiger partial charge in [-0.05, 0) is 81.1 Å². The molecule has 0 bridgehead atoms. The van der Waals surface area contributed by atoms with Gasteiger partial charge in [-0.3, -0.25) is 4.90 Å². The maximum absolute atomic E-state index is 11.2. The fraction of sp³-hybridized carbons (Fsp3) is 0.391. The molecular formula is C23H27N3O2. The van der Waals surface area contributed by atoms with Crippen LogP contribution in [-0.2, 0) is 6.54 Å². The van der Waals surface area contributed by atoms with E-state index in [4.69, 9.17) is 0 Å². The molecule has 1 aromatic carbocycles. The van der Waals surface area contributed by atoms with Crippen LogP contribution in [0, 0.1) is 0 Å². The van der Waals surface area contributed by atoms with E-state index in [-0.39, 0.29) is 0 Å². The van der Waals surface area contributed by atoms with Crippen LogP contribution in [0.5, 0.6) is 0 Å². The summed E-state index contributed by atoms with van der Waals surface area (Å²) >= 11 is 0. The Kier molecular flexibility index (Phi) is 5.18. The Balaban J connectivity index is 1.47. The molecule has 28 heavy (non-hydrogen) atoms. The highest BCUT2D eigenvalue weighted by molar-refractivity contribution is 5.87. The first-order valence-electron chi connectivity index (χ1n) is 10.0. The smallest absolute Gasteiger partial charge is 0.335 e. The predicted molar refractivity (Wildman–Crippen MR) is 111 cm³/mol. The molecule has 0 aliphatic carbocycles. The Hall–Kier alpha value is -2.66. The molecule has 5 heteroatoms. The highest BCUT2D eigenvalue weighted by atomic mass is 16.4. The molecular weight excluding hydrogens is 350 g/mol. The zero-order valence-electron chi connectivity index (χ0n) is 16.5. The topological polar surface area (TPSA) is 58.4 Å². The molecule has 1 N–H and O–H groups in total. The SMILES string of the molecule is CC(C)n1cc(C2CCN(Cc3cccc(C(=O)O)c3)CC2)c2cccnc21. The number of aromatic carboxylic acids is 1. The first-order valence-corrected chi connectivity index (χ1v) is 10.0. The monoisotopic (exact) mass is 377 g/mol. The lowest BCUT2D eigenvalue weighted by molar-refractivity contribution is 0.0696. The van der Waals surface area contributed by atoms with Crippen LogP contribution in [0.15, 0.2) is 48.8 Å². The van der Waals surface area contributed by atoms with Gasteiger partial charge in [-0.15, -0.1) is 0 Å². The molecule has 1 aliphatic heterocycles. The average molecular weight is 377 g/mol. The van der Waals surface area contributed by atoms with Crippen LogP contribution >= 0.6 is 0 Å². The molecule has 0 saturated carbocycles. The van der Waals surface area contributed by atoms with E-state index in [1.54, 1.807) is 12.1 Å². The maximum atomic E-state index is 11.2. The Morgan fingerprint density at radius 1 is 1.21 bits per heavy atom. The van der Waals surface area contributed by atoms with Gasteiger partial charge < -0.3 is 9.67 Å². The molecule has 3 heterocycles. The van der Waals surface area contributed by atoms with Crippen molar-refractivity contribution in [3.63, 3.8) is 0 Å². The second-order valence-electron chi connectivity index (χ2n) is 8.02. The number of rotatable bonds is 5. The second kappa shape index (κ2) is 7.76. The van der Waals surface area contributed by atoms with Gasteiger partial charge in [0.05, 0.1) is 5.56 Å². The summed E-state index contributed by atoms with van der Waals surface area (Å²) in [5.41, 5.74) is 3.94. The second-order valence-corrected chi connectivity index (χ2v) is 8.02. The van der Waals surface area contributed by atoms with Crippen LogP contribution in [0.4, 0.5) is 0 Å². The summed E-state index contributed by atoms with van der Waals surface area (Å²) in [7, 11) is 0. The van der Waals surface area contributed by atoms with Gasteiger partial charge in [0.15, 0.2) is 0 Å². The van der Waals surface area contributed by atoms with Crippen molar-refractivity contribution >= 4 is 17.0 Å². The number of hydrogen-bond donors (Lipinski definition) is 1. The molecule has 146 valence electrons. The van der Waals surface area contributed by atoms with Crippen molar-refractivity contribution in [2.75, 3.05) is 13.1 Å². The van der Waals surface area contributed by atoms with Crippen molar-refractivity contribution in [1.29, 1.82) is 0 Å². The van der Waals surface area contributed by atoms with Crippen LogP contribution < -0.4 is 0 Å². The van der Waals surface area contributed by atoms with E-state index in [2.05, 4.69) is 40.6 Å². The van der Waals surface area contributed by atoms with Gasteiger partial charge >= 0.3 is 5.97 Å². The zero-order chi connectivity index (χ0) is 19.7. The number of carbonyl (C=O) groups is 1. The molecule has 1 saturated heterocycles. The van der Waals surface area contributed by atoms with Gasteiger partial charge in [-0.2, -0.15) is 0 Å². The number of hydrogen-bond acceptors (Lipinski definition) is 3. The standard InChI is InChI=1S/C23H27N3O2/c1-16(2)26-15-21(20-7-4-10-24-22(20)26)18-8-11-25(12-9-18)14-17-5-3-6-19(13-17)23(27)28/h3-7,10,13,15-16,18H,8-9,11-12,14H2,1-2H3,(H,27,28). The van der Waals surface area contributed by atoms with E-state index in [1.165, 1.54) is 10.9 Å². The zero-order valence-corrected chi connectivity index (χ0v) is 16.5. The molecule has 2 aromatic heterocycles. The number of fused-ring (bicyclic) bond motifs is 1. The highest BCUT2D eigenvalue weighted by Crippen LogP contribution is 2.35. The lowest BCUT2D eigenvalue weighted by Gasteiger charge is -2.32. The van der Waals surface area contributed by atoms with Crippen molar-refractivity contribution < 1.29 is 9.90 Å². The molecule has 0 radical (unpaired) electrons. The normalized spacial score (nSPS) is 16.1. The number of pyridine rings is 1. The van der Waals surface area contributed by atoms with Crippen LogP contribution in [0.2, 0.25) is 0 Å². The molecule has 4 rings (SSSR count). The van der Waals surface area contributed by atoms with Crippen molar-refractivity contribution in [3.8, 4) is 0 Å². The lowest BCUT2D eigenvalue weighted by atomic mass is 9.89. The Morgan fingerprint density at radius 2 is 2.00 bits per heavy atom. The fourth-order valence-corrected chi connectivity index (χ4v) is 4.29. The average Bonchev–Trinajstić information content (AvgIpc) is 3.09. The third-order valence-electron chi connectivity index (χ3n) is 5.78. The van der Waals surface area contributed by atoms with Gasteiger partial charge in [-0.25, -0.2) is 9.78 Å². The van der Waals surface area contributed by atoms with Gasteiger partial charge in [0.25, 0.3) is 0 Å². The minimum Gasteiger partial charge on any atom is -0.478 e. The predicted octanol–water partition coefficient (Wildman–Crippen LogP) is 4.70. The number of benzene rings is 1. The summed E-state index contributed by atoms with van der Waals surface area (Å²) in [6.07, 6.45) is 6.41. The van der Waals surface area contributed by atoms with Crippen molar-refractivity contribution in [3.05, 3.63) is 65.5 Å². The summed E-state index contributed by atoms with van der Waals surface area (Å²) in [6.45, 7) is 7.26. The molecule has 0 spiro atoms. The van der Waals surface area contributed by atoms with Crippen LogP contribution in [-0.4, -0.2) is 38.6 Å². The quantitative estimate of drug-likeness (QED) is 0.700. The number of carboxylic acid groups (broad SMARTS) is 1. The van der Waals surface area contributed by atoms with E-state index in [0.717, 1.165) is 43.7 Å². The van der Waals surface area contributed by atoms with Crippen LogP contribution in [0.3, 0.4) is 0 Å².